The average Bonchev–Trinajstić information content (AvgIpc) is 3.19. The van der Waals surface area contributed by atoms with Gasteiger partial charge in [-0.05, 0) is 30.0 Å². The van der Waals surface area contributed by atoms with Crippen molar-refractivity contribution in [1.82, 2.24) is 9.88 Å². The highest BCUT2D eigenvalue weighted by Crippen LogP contribution is 2.49. The molecule has 2 aliphatic rings. The van der Waals surface area contributed by atoms with E-state index in [2.05, 4.69) is 16.4 Å². The lowest BCUT2D eigenvalue weighted by atomic mass is 9.79. The number of para-hydroxylation sites is 2. The summed E-state index contributed by atoms with van der Waals surface area (Å²) in [6.07, 6.45) is 1.16. The molecule has 0 saturated carbocycles. The Kier molecular flexibility index (Phi) is 3.63. The Morgan fingerprint density at radius 1 is 1.14 bits per heavy atom. The van der Waals surface area contributed by atoms with Crippen LogP contribution in [0.1, 0.15) is 37.1 Å². The van der Waals surface area contributed by atoms with Crippen LogP contribution in [0.3, 0.4) is 0 Å². The first-order chi connectivity index (χ1) is 13.5. The first-order valence-electron chi connectivity index (χ1n) is 9.85. The van der Waals surface area contributed by atoms with Crippen LogP contribution in [0.5, 0.6) is 0 Å². The summed E-state index contributed by atoms with van der Waals surface area (Å²) in [4.78, 5) is 32.1. The maximum atomic E-state index is 13.5. The molecule has 3 aromatic rings. The lowest BCUT2D eigenvalue weighted by Crippen LogP contribution is -2.58. The maximum Gasteiger partial charge on any atom is 0.261 e. The molecule has 0 unspecified atom stereocenters. The van der Waals surface area contributed by atoms with Crippen LogP contribution in [0.4, 0.5) is 5.69 Å². The summed E-state index contributed by atoms with van der Waals surface area (Å²) in [5.74, 6) is 0.0952. The normalized spacial score (nSPS) is 20.5. The summed E-state index contributed by atoms with van der Waals surface area (Å²) in [5.41, 5.74) is 3.47. The average molecular weight is 373 g/mol. The molecule has 2 amide bonds. The zero-order valence-electron chi connectivity index (χ0n) is 16.1. The molecule has 2 aromatic carbocycles. The Balaban J connectivity index is 1.81. The number of aromatic amines is 1. The molecule has 1 spiro atoms. The standard InChI is InChI=1S/C23H23N3O2/c1-14(2)13-20(27)26-12-11-16-15-7-3-5-9-18(15)24-21(16)23(26)17-8-4-6-10-19(17)25-22(23)28/h3-10,14,24H,11-13H2,1-2H3,(H,25,28)/t23-/m1/s1. The Morgan fingerprint density at radius 3 is 2.71 bits per heavy atom. The summed E-state index contributed by atoms with van der Waals surface area (Å²) in [6, 6.07) is 15.8. The second kappa shape index (κ2) is 5.96. The first-order valence-corrected chi connectivity index (χ1v) is 9.85. The van der Waals surface area contributed by atoms with Crippen LogP contribution in [-0.4, -0.2) is 28.2 Å². The Hall–Kier alpha value is -3.08. The van der Waals surface area contributed by atoms with E-state index < -0.39 is 5.54 Å². The number of benzene rings is 2. The molecule has 1 aromatic heterocycles. The van der Waals surface area contributed by atoms with E-state index in [9.17, 15) is 9.59 Å². The summed E-state index contributed by atoms with van der Waals surface area (Å²) in [7, 11) is 0. The van der Waals surface area contributed by atoms with Gasteiger partial charge in [-0.3, -0.25) is 9.59 Å². The van der Waals surface area contributed by atoms with Gasteiger partial charge in [-0.25, -0.2) is 0 Å². The van der Waals surface area contributed by atoms with Crippen LogP contribution in [-0.2, 0) is 21.5 Å². The van der Waals surface area contributed by atoms with Crippen LogP contribution < -0.4 is 5.32 Å². The van der Waals surface area contributed by atoms with Gasteiger partial charge in [-0.15, -0.1) is 0 Å². The molecular weight excluding hydrogens is 350 g/mol. The van der Waals surface area contributed by atoms with Crippen LogP contribution in [0.2, 0.25) is 0 Å². The monoisotopic (exact) mass is 373 g/mol. The fourth-order valence-corrected chi connectivity index (χ4v) is 4.82. The largest absolute Gasteiger partial charge is 0.355 e. The number of H-pyrrole nitrogens is 1. The highest BCUT2D eigenvalue weighted by Gasteiger charge is 2.57. The van der Waals surface area contributed by atoms with Gasteiger partial charge >= 0.3 is 0 Å². The third-order valence-electron chi connectivity index (χ3n) is 5.94. The number of nitrogens with zero attached hydrogens (tertiary/aromatic N) is 1. The number of fused-ring (bicyclic) bond motifs is 6. The summed E-state index contributed by atoms with van der Waals surface area (Å²) in [5, 5.41) is 4.16. The van der Waals surface area contributed by atoms with Gasteiger partial charge in [0, 0.05) is 35.1 Å². The van der Waals surface area contributed by atoms with Crippen LogP contribution in [0.15, 0.2) is 48.5 Å². The number of hydrogen-bond acceptors (Lipinski definition) is 2. The summed E-state index contributed by atoms with van der Waals surface area (Å²) in [6.45, 7) is 4.60. The number of hydrogen-bond donors (Lipinski definition) is 2. The molecule has 142 valence electrons. The van der Waals surface area contributed by atoms with Crippen molar-refractivity contribution in [3.8, 4) is 0 Å². The minimum absolute atomic E-state index is 0.0196. The zero-order valence-corrected chi connectivity index (χ0v) is 16.1. The number of amides is 2. The van der Waals surface area contributed by atoms with E-state index >= 15 is 0 Å². The second-order valence-electron chi connectivity index (χ2n) is 8.13. The molecule has 0 radical (unpaired) electrons. The smallest absolute Gasteiger partial charge is 0.261 e. The second-order valence-corrected chi connectivity index (χ2v) is 8.13. The van der Waals surface area contributed by atoms with E-state index in [1.165, 1.54) is 0 Å². The number of anilines is 1. The Morgan fingerprint density at radius 2 is 1.89 bits per heavy atom. The van der Waals surface area contributed by atoms with E-state index in [4.69, 9.17) is 0 Å². The van der Waals surface area contributed by atoms with Gasteiger partial charge in [0.15, 0.2) is 5.54 Å². The molecule has 2 aliphatic heterocycles. The predicted octanol–water partition coefficient (Wildman–Crippen LogP) is 3.79. The lowest BCUT2D eigenvalue weighted by molar-refractivity contribution is -0.144. The zero-order chi connectivity index (χ0) is 19.5. The molecule has 5 heteroatoms. The SMILES string of the molecule is CC(C)CC(=O)N1CCc2c([nH]c3ccccc23)[C@]12C(=O)Nc1ccccc12. The van der Waals surface area contributed by atoms with Gasteiger partial charge in [0.25, 0.3) is 5.91 Å². The Bertz CT molecular complexity index is 1110. The first kappa shape index (κ1) is 17.0. The fraction of sp³-hybridized carbons (Fsp3) is 0.304. The van der Waals surface area contributed by atoms with Gasteiger partial charge in [0.1, 0.15) is 0 Å². The number of aromatic nitrogens is 1. The maximum absolute atomic E-state index is 13.5. The molecule has 0 bridgehead atoms. The number of nitrogens with one attached hydrogen (secondary N) is 2. The van der Waals surface area contributed by atoms with Crippen molar-refractivity contribution < 1.29 is 9.59 Å². The van der Waals surface area contributed by atoms with Gasteiger partial charge in [0.05, 0.1) is 5.69 Å². The van der Waals surface area contributed by atoms with Crippen molar-refractivity contribution in [3.63, 3.8) is 0 Å². The van der Waals surface area contributed by atoms with Crippen molar-refractivity contribution in [2.75, 3.05) is 11.9 Å². The number of rotatable bonds is 2. The van der Waals surface area contributed by atoms with E-state index in [0.717, 1.165) is 39.8 Å². The molecule has 5 rings (SSSR count). The molecule has 0 aliphatic carbocycles. The predicted molar refractivity (Wildman–Crippen MR) is 109 cm³/mol. The third kappa shape index (κ3) is 2.13. The number of carbonyl (C=O) groups is 2. The third-order valence-corrected chi connectivity index (χ3v) is 5.94. The molecular formula is C23H23N3O2. The van der Waals surface area contributed by atoms with Crippen molar-refractivity contribution >= 4 is 28.4 Å². The van der Waals surface area contributed by atoms with Crippen LogP contribution in [0.25, 0.3) is 10.9 Å². The molecule has 28 heavy (non-hydrogen) atoms. The van der Waals surface area contributed by atoms with Crippen molar-refractivity contribution in [2.45, 2.75) is 32.2 Å². The van der Waals surface area contributed by atoms with Crippen molar-refractivity contribution in [3.05, 3.63) is 65.4 Å². The van der Waals surface area contributed by atoms with Crippen molar-refractivity contribution in [1.29, 1.82) is 0 Å². The van der Waals surface area contributed by atoms with Crippen molar-refractivity contribution in [2.24, 2.45) is 5.92 Å². The molecule has 1 atom stereocenters. The minimum Gasteiger partial charge on any atom is -0.355 e. The summed E-state index contributed by atoms with van der Waals surface area (Å²) < 4.78 is 0. The van der Waals surface area contributed by atoms with E-state index in [0.29, 0.717) is 13.0 Å². The minimum atomic E-state index is -1.13. The molecule has 0 fully saturated rings. The lowest BCUT2D eigenvalue weighted by Gasteiger charge is -2.43. The van der Waals surface area contributed by atoms with Crippen LogP contribution in [0, 0.1) is 5.92 Å². The van der Waals surface area contributed by atoms with Crippen LogP contribution >= 0.6 is 0 Å². The topological polar surface area (TPSA) is 65.2 Å². The quantitative estimate of drug-likeness (QED) is 0.718. The van der Waals surface area contributed by atoms with Gasteiger partial charge in [-0.2, -0.15) is 0 Å². The number of carbonyl (C=O) groups excluding carboxylic acids is 2. The van der Waals surface area contributed by atoms with Gasteiger partial charge in [-0.1, -0.05) is 50.2 Å². The molecule has 2 N–H and O–H groups in total. The van der Waals surface area contributed by atoms with E-state index in [1.54, 1.807) is 4.90 Å². The summed E-state index contributed by atoms with van der Waals surface area (Å²) >= 11 is 0. The van der Waals surface area contributed by atoms with Gasteiger partial charge < -0.3 is 15.2 Å². The Labute approximate surface area is 163 Å². The molecule has 5 nitrogen and oxygen atoms in total. The van der Waals surface area contributed by atoms with Gasteiger partial charge in [0.2, 0.25) is 5.91 Å². The fourth-order valence-electron chi connectivity index (χ4n) is 4.82. The van der Waals surface area contributed by atoms with E-state index in [1.807, 2.05) is 56.3 Å². The highest BCUT2D eigenvalue weighted by molar-refractivity contribution is 6.11. The molecule has 0 saturated heterocycles. The van der Waals surface area contributed by atoms with E-state index in [-0.39, 0.29) is 17.7 Å². The highest BCUT2D eigenvalue weighted by atomic mass is 16.2. The molecule has 3 heterocycles.